The molecule has 0 aromatic heterocycles. The minimum Gasteiger partial charge on any atom is -0.384 e. The van der Waals surface area contributed by atoms with Gasteiger partial charge in [-0.15, -0.1) is 0 Å². The molecule has 0 aliphatic carbocycles. The number of amides is 1. The largest absolute Gasteiger partial charge is 0.384 e. The quantitative estimate of drug-likeness (QED) is 0.836. The van der Waals surface area contributed by atoms with Gasteiger partial charge in [-0.05, 0) is 44.5 Å². The zero-order valence-electron chi connectivity index (χ0n) is 12.5. The van der Waals surface area contributed by atoms with Crippen LogP contribution in [0.5, 0.6) is 0 Å². The van der Waals surface area contributed by atoms with Gasteiger partial charge in [0, 0.05) is 25.3 Å². The van der Waals surface area contributed by atoms with Crippen molar-refractivity contribution < 1.29 is 4.79 Å². The standard InChI is InChI=1S/C16H25N3O/c1-3-9-17-15-7-5-4-6-14(15)16(20)18-11-13-8-10-19(2)12-13/h4-7,13,17H,3,8-12H2,1-2H3,(H,18,20). The number of nitrogens with zero attached hydrogens (tertiary/aromatic N) is 1. The lowest BCUT2D eigenvalue weighted by Crippen LogP contribution is -2.31. The summed E-state index contributed by atoms with van der Waals surface area (Å²) in [7, 11) is 2.13. The first-order chi connectivity index (χ1) is 9.70. The summed E-state index contributed by atoms with van der Waals surface area (Å²) in [5.41, 5.74) is 1.67. The highest BCUT2D eigenvalue weighted by Gasteiger charge is 2.20. The summed E-state index contributed by atoms with van der Waals surface area (Å²) < 4.78 is 0. The molecule has 1 aliphatic rings. The number of para-hydroxylation sites is 1. The fraction of sp³-hybridized carbons (Fsp3) is 0.562. The number of carbonyl (C=O) groups excluding carboxylic acids is 1. The number of likely N-dealkylation sites (tertiary alicyclic amines) is 1. The van der Waals surface area contributed by atoms with Gasteiger partial charge in [0.2, 0.25) is 0 Å². The monoisotopic (exact) mass is 275 g/mol. The maximum atomic E-state index is 12.3. The number of carbonyl (C=O) groups is 1. The van der Waals surface area contributed by atoms with E-state index < -0.39 is 0 Å². The van der Waals surface area contributed by atoms with Gasteiger partial charge in [0.15, 0.2) is 0 Å². The Labute approximate surface area is 121 Å². The van der Waals surface area contributed by atoms with E-state index in [1.165, 1.54) is 6.42 Å². The summed E-state index contributed by atoms with van der Waals surface area (Å²) in [5.74, 6) is 0.610. The highest BCUT2D eigenvalue weighted by atomic mass is 16.1. The van der Waals surface area contributed by atoms with Crippen LogP contribution >= 0.6 is 0 Å². The number of hydrogen-bond acceptors (Lipinski definition) is 3. The Morgan fingerprint density at radius 1 is 1.40 bits per heavy atom. The molecule has 0 spiro atoms. The lowest BCUT2D eigenvalue weighted by atomic mass is 10.1. The molecular formula is C16H25N3O. The van der Waals surface area contributed by atoms with E-state index in [1.807, 2.05) is 24.3 Å². The Hall–Kier alpha value is -1.55. The minimum atomic E-state index is 0.0266. The average Bonchev–Trinajstić information content (AvgIpc) is 2.88. The van der Waals surface area contributed by atoms with Crippen LogP contribution in [0.2, 0.25) is 0 Å². The number of hydrogen-bond donors (Lipinski definition) is 2. The summed E-state index contributed by atoms with van der Waals surface area (Å²) in [6, 6.07) is 7.72. The second-order valence-electron chi connectivity index (χ2n) is 5.60. The van der Waals surface area contributed by atoms with Crippen LogP contribution in [-0.4, -0.2) is 44.0 Å². The minimum absolute atomic E-state index is 0.0266. The van der Waals surface area contributed by atoms with Gasteiger partial charge in [-0.1, -0.05) is 19.1 Å². The summed E-state index contributed by atoms with van der Waals surface area (Å²) in [6.07, 6.45) is 2.22. The smallest absolute Gasteiger partial charge is 0.253 e. The molecule has 1 fully saturated rings. The third kappa shape index (κ3) is 3.97. The SMILES string of the molecule is CCCNc1ccccc1C(=O)NCC1CCN(C)C1. The Kier molecular flexibility index (Phi) is 5.41. The zero-order chi connectivity index (χ0) is 14.4. The average molecular weight is 275 g/mol. The van der Waals surface area contributed by atoms with Crippen molar-refractivity contribution >= 4 is 11.6 Å². The van der Waals surface area contributed by atoms with Crippen LogP contribution in [0.1, 0.15) is 30.1 Å². The molecule has 0 radical (unpaired) electrons. The first-order valence-electron chi connectivity index (χ1n) is 7.50. The molecule has 1 unspecified atom stereocenters. The number of rotatable bonds is 6. The predicted molar refractivity (Wildman–Crippen MR) is 83.2 cm³/mol. The van der Waals surface area contributed by atoms with Gasteiger partial charge >= 0.3 is 0 Å². The second kappa shape index (κ2) is 7.29. The molecule has 1 atom stereocenters. The molecule has 20 heavy (non-hydrogen) atoms. The maximum absolute atomic E-state index is 12.3. The number of anilines is 1. The molecule has 1 aromatic carbocycles. The van der Waals surface area contributed by atoms with Gasteiger partial charge in [-0.25, -0.2) is 0 Å². The highest BCUT2D eigenvalue weighted by Crippen LogP contribution is 2.16. The van der Waals surface area contributed by atoms with Gasteiger partial charge < -0.3 is 15.5 Å². The number of benzene rings is 1. The van der Waals surface area contributed by atoms with E-state index in [0.717, 1.165) is 43.9 Å². The molecule has 1 aromatic rings. The Bertz CT molecular complexity index is 447. The Balaban J connectivity index is 1.91. The fourth-order valence-corrected chi connectivity index (χ4v) is 2.62. The van der Waals surface area contributed by atoms with Gasteiger partial charge in [-0.2, -0.15) is 0 Å². The van der Waals surface area contributed by atoms with E-state index in [4.69, 9.17) is 0 Å². The molecule has 1 heterocycles. The molecule has 2 N–H and O–H groups in total. The lowest BCUT2D eigenvalue weighted by molar-refractivity contribution is 0.0948. The Morgan fingerprint density at radius 2 is 2.20 bits per heavy atom. The Morgan fingerprint density at radius 3 is 2.90 bits per heavy atom. The van der Waals surface area contributed by atoms with E-state index in [0.29, 0.717) is 5.92 Å². The summed E-state index contributed by atoms with van der Waals surface area (Å²) in [6.45, 7) is 5.99. The summed E-state index contributed by atoms with van der Waals surface area (Å²) in [5, 5.41) is 6.38. The van der Waals surface area contributed by atoms with Crippen LogP contribution in [0.25, 0.3) is 0 Å². The molecule has 4 nitrogen and oxygen atoms in total. The van der Waals surface area contributed by atoms with Gasteiger partial charge in [0.1, 0.15) is 0 Å². The predicted octanol–water partition coefficient (Wildman–Crippen LogP) is 2.19. The molecular weight excluding hydrogens is 250 g/mol. The molecule has 4 heteroatoms. The van der Waals surface area contributed by atoms with Gasteiger partial charge in [-0.3, -0.25) is 4.79 Å². The topological polar surface area (TPSA) is 44.4 Å². The van der Waals surface area contributed by atoms with E-state index in [9.17, 15) is 4.79 Å². The molecule has 1 aliphatic heterocycles. The highest BCUT2D eigenvalue weighted by molar-refractivity contribution is 5.99. The summed E-state index contributed by atoms with van der Waals surface area (Å²) in [4.78, 5) is 14.6. The van der Waals surface area contributed by atoms with E-state index in [2.05, 4.69) is 29.5 Å². The normalized spacial score (nSPS) is 19.0. The van der Waals surface area contributed by atoms with Crippen molar-refractivity contribution in [3.8, 4) is 0 Å². The molecule has 0 bridgehead atoms. The van der Waals surface area contributed by atoms with Crippen LogP contribution in [0.4, 0.5) is 5.69 Å². The van der Waals surface area contributed by atoms with Crippen LogP contribution in [0, 0.1) is 5.92 Å². The third-order valence-corrected chi connectivity index (χ3v) is 3.78. The van der Waals surface area contributed by atoms with Crippen molar-refractivity contribution in [2.45, 2.75) is 19.8 Å². The van der Waals surface area contributed by atoms with Crippen LogP contribution < -0.4 is 10.6 Å². The second-order valence-corrected chi connectivity index (χ2v) is 5.60. The molecule has 1 amide bonds. The van der Waals surface area contributed by atoms with Crippen LogP contribution in [0.15, 0.2) is 24.3 Å². The first-order valence-corrected chi connectivity index (χ1v) is 7.50. The van der Waals surface area contributed by atoms with Crippen molar-refractivity contribution in [1.82, 2.24) is 10.2 Å². The lowest BCUT2D eigenvalue weighted by Gasteiger charge is -2.14. The van der Waals surface area contributed by atoms with E-state index in [-0.39, 0.29) is 5.91 Å². The van der Waals surface area contributed by atoms with E-state index >= 15 is 0 Å². The molecule has 0 saturated carbocycles. The first kappa shape index (κ1) is 14.9. The molecule has 2 rings (SSSR count). The van der Waals surface area contributed by atoms with Crippen molar-refractivity contribution in [2.75, 3.05) is 38.5 Å². The third-order valence-electron chi connectivity index (χ3n) is 3.78. The van der Waals surface area contributed by atoms with Gasteiger partial charge in [0.25, 0.3) is 5.91 Å². The van der Waals surface area contributed by atoms with E-state index in [1.54, 1.807) is 0 Å². The maximum Gasteiger partial charge on any atom is 0.253 e. The van der Waals surface area contributed by atoms with Crippen LogP contribution in [0.3, 0.4) is 0 Å². The molecule has 1 saturated heterocycles. The van der Waals surface area contributed by atoms with Crippen molar-refractivity contribution in [3.63, 3.8) is 0 Å². The van der Waals surface area contributed by atoms with Gasteiger partial charge in [0.05, 0.1) is 5.56 Å². The summed E-state index contributed by atoms with van der Waals surface area (Å²) >= 11 is 0. The number of nitrogens with one attached hydrogen (secondary N) is 2. The fourth-order valence-electron chi connectivity index (χ4n) is 2.62. The van der Waals surface area contributed by atoms with Crippen molar-refractivity contribution in [2.24, 2.45) is 5.92 Å². The van der Waals surface area contributed by atoms with Crippen molar-refractivity contribution in [1.29, 1.82) is 0 Å². The zero-order valence-corrected chi connectivity index (χ0v) is 12.5. The van der Waals surface area contributed by atoms with Crippen LogP contribution in [-0.2, 0) is 0 Å². The molecule has 110 valence electrons. The van der Waals surface area contributed by atoms with Crippen molar-refractivity contribution in [3.05, 3.63) is 29.8 Å².